The molecule has 4 aliphatic rings. The van der Waals surface area contributed by atoms with Crippen molar-refractivity contribution in [1.82, 2.24) is 4.90 Å². The van der Waals surface area contributed by atoms with Crippen LogP contribution in [0.25, 0.3) is 0 Å². The average molecular weight is 669 g/mol. The summed E-state index contributed by atoms with van der Waals surface area (Å²) in [5.74, 6) is -6.17. The van der Waals surface area contributed by atoms with Crippen molar-refractivity contribution >= 4 is 46.9 Å². The first kappa shape index (κ1) is 31.6. The molecule has 7 rings (SSSR count). The van der Waals surface area contributed by atoms with Gasteiger partial charge >= 0.3 is 5.97 Å². The van der Waals surface area contributed by atoms with Crippen molar-refractivity contribution in [3.63, 3.8) is 0 Å². The van der Waals surface area contributed by atoms with Crippen LogP contribution in [-0.4, -0.2) is 58.4 Å². The Bertz CT molecular complexity index is 1890. The number of aromatic hydroxyl groups is 1. The second kappa shape index (κ2) is 11.9. The summed E-state index contributed by atoms with van der Waals surface area (Å²) in [6.45, 7) is -0.00836. The summed E-state index contributed by atoms with van der Waals surface area (Å²) in [6, 6.07) is 20.3. The third kappa shape index (κ3) is 4.64. The van der Waals surface area contributed by atoms with Crippen molar-refractivity contribution in [2.75, 3.05) is 18.6 Å². The molecule has 6 atom stereocenters. The van der Waals surface area contributed by atoms with Gasteiger partial charge in [-0.05, 0) is 55.0 Å². The number of carboxylic acids is 1. The smallest absolute Gasteiger partial charge is 0.303 e. The first-order chi connectivity index (χ1) is 23.1. The molecule has 1 saturated carbocycles. The Morgan fingerprint density at radius 1 is 0.958 bits per heavy atom. The van der Waals surface area contributed by atoms with Crippen molar-refractivity contribution in [1.29, 1.82) is 0 Å². The van der Waals surface area contributed by atoms with Crippen LogP contribution in [0, 0.1) is 23.7 Å². The number of ether oxygens (including phenoxy) is 1. The molecule has 0 aromatic heterocycles. The molecule has 0 spiro atoms. The molecule has 3 fully saturated rings. The Morgan fingerprint density at radius 2 is 1.73 bits per heavy atom. The lowest BCUT2D eigenvalue weighted by molar-refractivity contribution is -0.142. The van der Waals surface area contributed by atoms with Gasteiger partial charge in [0.05, 0.1) is 36.0 Å². The highest BCUT2D eigenvalue weighted by Gasteiger charge is 2.70. The number of amides is 4. The number of aliphatic carboxylic acids is 1. The van der Waals surface area contributed by atoms with Crippen molar-refractivity contribution in [2.24, 2.45) is 23.7 Å². The molecule has 0 bridgehead atoms. The third-order valence-electron chi connectivity index (χ3n) is 10.6. The summed E-state index contributed by atoms with van der Waals surface area (Å²) in [5.41, 5.74) is 0.770. The van der Waals surface area contributed by atoms with Crippen LogP contribution in [0.1, 0.15) is 42.7 Å². The molecule has 10 nitrogen and oxygen atoms in total. The maximum absolute atomic E-state index is 15.2. The molecule has 0 radical (unpaired) electrons. The Kier molecular flexibility index (Phi) is 7.86. The van der Waals surface area contributed by atoms with Gasteiger partial charge in [-0.2, -0.15) is 0 Å². The minimum absolute atomic E-state index is 0.00836. The molecule has 3 aromatic rings. The maximum Gasteiger partial charge on any atom is 0.303 e. The zero-order valence-corrected chi connectivity index (χ0v) is 26.8. The van der Waals surface area contributed by atoms with Gasteiger partial charge < -0.3 is 14.9 Å². The molecule has 246 valence electrons. The Labute approximate surface area is 281 Å². The molecule has 48 heavy (non-hydrogen) atoms. The fourth-order valence-corrected chi connectivity index (χ4v) is 8.89. The zero-order chi connectivity index (χ0) is 33.9. The largest absolute Gasteiger partial charge is 0.508 e. The number of halogens is 1. The van der Waals surface area contributed by atoms with Gasteiger partial charge in [-0.3, -0.25) is 28.9 Å². The summed E-state index contributed by atoms with van der Waals surface area (Å²) >= 11 is 6.35. The molecule has 2 saturated heterocycles. The fourth-order valence-electron chi connectivity index (χ4n) is 8.70. The lowest BCUT2D eigenvalue weighted by atomic mass is 9.49. The average Bonchev–Trinajstić information content (AvgIpc) is 3.45. The lowest BCUT2D eigenvalue weighted by Gasteiger charge is -2.51. The number of carbonyl (C=O) groups is 5. The first-order valence-electron chi connectivity index (χ1n) is 15.9. The highest BCUT2D eigenvalue weighted by atomic mass is 35.5. The van der Waals surface area contributed by atoms with E-state index < -0.39 is 58.7 Å². The predicted molar refractivity (Wildman–Crippen MR) is 174 cm³/mol. The number of imide groups is 2. The minimum Gasteiger partial charge on any atom is -0.508 e. The third-order valence-corrected chi connectivity index (χ3v) is 10.8. The van der Waals surface area contributed by atoms with E-state index in [1.165, 1.54) is 29.0 Å². The molecule has 3 aromatic carbocycles. The van der Waals surface area contributed by atoms with Crippen LogP contribution in [0.3, 0.4) is 0 Å². The quantitative estimate of drug-likeness (QED) is 0.250. The van der Waals surface area contributed by atoms with Crippen LogP contribution in [0.15, 0.2) is 84.4 Å². The van der Waals surface area contributed by atoms with Crippen molar-refractivity contribution < 1.29 is 38.9 Å². The molecular weight excluding hydrogens is 636 g/mol. The van der Waals surface area contributed by atoms with Crippen molar-refractivity contribution in [3.8, 4) is 11.5 Å². The number of allylic oxidation sites excluding steroid dienone is 2. The van der Waals surface area contributed by atoms with E-state index >= 15 is 4.79 Å². The van der Waals surface area contributed by atoms with Crippen molar-refractivity contribution in [3.05, 3.63) is 101 Å². The molecule has 4 amide bonds. The number of carboxylic acid groups (broad SMARTS) is 1. The Hall–Kier alpha value is -4.96. The number of methoxy groups -OCH3 is 1. The van der Waals surface area contributed by atoms with E-state index in [-0.39, 0.29) is 43.9 Å². The van der Waals surface area contributed by atoms with E-state index in [1.807, 2.05) is 36.4 Å². The zero-order valence-electron chi connectivity index (χ0n) is 26.0. The summed E-state index contributed by atoms with van der Waals surface area (Å²) in [7, 11) is 1.46. The normalized spacial score (nSPS) is 27.8. The van der Waals surface area contributed by atoms with E-state index in [0.717, 1.165) is 5.57 Å². The van der Waals surface area contributed by atoms with E-state index in [1.54, 1.807) is 30.3 Å². The lowest BCUT2D eigenvalue weighted by Crippen LogP contribution is -2.53. The number of likely N-dealkylation sites (tertiary alicyclic amines) is 1. The van der Waals surface area contributed by atoms with Crippen molar-refractivity contribution in [2.45, 2.75) is 37.0 Å². The van der Waals surface area contributed by atoms with Gasteiger partial charge in [0, 0.05) is 35.5 Å². The highest BCUT2D eigenvalue weighted by molar-refractivity contribution is 6.32. The van der Waals surface area contributed by atoms with Crippen LogP contribution in [-0.2, 0) is 29.4 Å². The highest BCUT2D eigenvalue weighted by Crippen LogP contribution is 2.65. The van der Waals surface area contributed by atoms with Gasteiger partial charge in [0.25, 0.3) is 0 Å². The molecule has 2 N–H and O–H groups in total. The summed E-state index contributed by atoms with van der Waals surface area (Å²) in [4.78, 5) is 71.3. The number of phenolic OH excluding ortho intramolecular Hbond substituents is 1. The summed E-state index contributed by atoms with van der Waals surface area (Å²) in [5, 5.41) is 19.9. The van der Waals surface area contributed by atoms with E-state index in [4.69, 9.17) is 21.4 Å². The summed E-state index contributed by atoms with van der Waals surface area (Å²) in [6.07, 6.45) is 2.26. The van der Waals surface area contributed by atoms with Gasteiger partial charge in [-0.25, -0.2) is 4.90 Å². The van der Waals surface area contributed by atoms with E-state index in [9.17, 15) is 24.3 Å². The number of fused-ring (bicyclic) bond motifs is 4. The molecule has 0 unspecified atom stereocenters. The molecule has 2 heterocycles. The van der Waals surface area contributed by atoms with Gasteiger partial charge in [0.1, 0.15) is 11.5 Å². The van der Waals surface area contributed by atoms with Gasteiger partial charge in [-0.1, -0.05) is 65.7 Å². The van der Waals surface area contributed by atoms with Crippen LogP contribution < -0.4 is 9.64 Å². The number of anilines is 1. The number of rotatable bonds is 8. The van der Waals surface area contributed by atoms with Crippen LogP contribution >= 0.6 is 11.6 Å². The SMILES string of the molecule is COc1cc(O)ccc1[C@H]1C2=CC[C@@H]3C(=O)N(CCCC(=O)O)C(=O)[C@@H]3[C@@H]2C[C@H]2C(=O)N(c3cccc(Cl)c3)C(=O)[C@@]12c1ccccc1. The maximum atomic E-state index is 15.2. The molecule has 2 aliphatic heterocycles. The van der Waals surface area contributed by atoms with Crippen LogP contribution in [0.4, 0.5) is 5.69 Å². The van der Waals surface area contributed by atoms with Crippen LogP contribution in [0.2, 0.25) is 5.02 Å². The Balaban J connectivity index is 1.45. The van der Waals surface area contributed by atoms with Crippen LogP contribution in [0.5, 0.6) is 11.5 Å². The first-order valence-corrected chi connectivity index (χ1v) is 16.3. The van der Waals surface area contributed by atoms with Gasteiger partial charge in [-0.15, -0.1) is 0 Å². The fraction of sp³-hybridized carbons (Fsp3) is 0.324. The number of hydrogen-bond acceptors (Lipinski definition) is 7. The number of carbonyl (C=O) groups excluding carboxylic acids is 4. The van der Waals surface area contributed by atoms with E-state index in [0.29, 0.717) is 27.6 Å². The van der Waals surface area contributed by atoms with Gasteiger partial charge in [0.2, 0.25) is 23.6 Å². The molecule has 11 heteroatoms. The number of benzene rings is 3. The standard InChI is InChI=1S/C37H33ClN2O8/c1-48-29-18-23(41)12-13-25(29)32-24-14-15-26-31(35(46)39(33(26)44)16-6-11-30(42)43)27(24)19-28-34(45)40(22-10-5-9-21(38)17-22)36(47)37(28,32)20-7-3-2-4-8-20/h2-5,7-10,12-14,17-18,26-28,31-32,41H,6,11,15-16,19H2,1H3,(H,42,43)/t26-,27+,28-,31-,32+,37+/m0/s1. The topological polar surface area (TPSA) is 142 Å². The van der Waals surface area contributed by atoms with E-state index in [2.05, 4.69) is 0 Å². The Morgan fingerprint density at radius 3 is 2.44 bits per heavy atom. The number of nitrogens with zero attached hydrogens (tertiary/aromatic N) is 2. The minimum atomic E-state index is -1.48. The second-order valence-corrected chi connectivity index (χ2v) is 13.3. The predicted octanol–water partition coefficient (Wildman–Crippen LogP) is 5.08. The molecule has 2 aliphatic carbocycles. The second-order valence-electron chi connectivity index (χ2n) is 12.8. The number of hydrogen-bond donors (Lipinski definition) is 2. The monoisotopic (exact) mass is 668 g/mol. The number of phenols is 1. The molecular formula is C37H33ClN2O8. The summed E-state index contributed by atoms with van der Waals surface area (Å²) < 4.78 is 5.79. The van der Waals surface area contributed by atoms with Gasteiger partial charge in [0.15, 0.2) is 0 Å².